The van der Waals surface area contributed by atoms with Gasteiger partial charge in [0.1, 0.15) is 5.75 Å². The zero-order valence-electron chi connectivity index (χ0n) is 7.20. The Hall–Kier alpha value is -0.300. The molecule has 0 aromatic heterocycles. The third kappa shape index (κ3) is 2.34. The summed E-state index contributed by atoms with van der Waals surface area (Å²) in [6.45, 7) is 1.76. The van der Waals surface area contributed by atoms with Gasteiger partial charge in [0.15, 0.2) is 9.84 Å². The largest absolute Gasteiger partial charge is 0.507 e. The first kappa shape index (κ1) is 10.8. The van der Waals surface area contributed by atoms with Gasteiger partial charge in [-0.05, 0) is 47.2 Å². The van der Waals surface area contributed by atoms with Crippen LogP contribution in [0.25, 0.3) is 0 Å². The molecule has 0 atom stereocenters. The van der Waals surface area contributed by atoms with Crippen LogP contribution in [0.4, 0.5) is 0 Å². The zero-order valence-corrected chi connectivity index (χ0v) is 10.2. The van der Waals surface area contributed by atoms with Crippen LogP contribution in [-0.4, -0.2) is 19.8 Å². The van der Waals surface area contributed by atoms with Gasteiger partial charge in [0.05, 0.1) is 8.47 Å². The van der Waals surface area contributed by atoms with Crippen LogP contribution >= 0.6 is 22.6 Å². The lowest BCUT2D eigenvalue weighted by molar-refractivity contribution is 0.468. The Kier molecular flexibility index (Phi) is 2.86. The fraction of sp³-hybridized carbons (Fsp3) is 0.250. The molecule has 0 aliphatic heterocycles. The van der Waals surface area contributed by atoms with Gasteiger partial charge in [-0.2, -0.15) is 0 Å². The van der Waals surface area contributed by atoms with Crippen LogP contribution < -0.4 is 0 Å². The van der Waals surface area contributed by atoms with E-state index in [1.54, 1.807) is 13.0 Å². The number of aryl methyl sites for hydroxylation is 1. The lowest BCUT2D eigenvalue weighted by Gasteiger charge is -2.04. The number of hydrogen-bond acceptors (Lipinski definition) is 3. The van der Waals surface area contributed by atoms with E-state index >= 15 is 0 Å². The first-order chi connectivity index (χ1) is 5.82. The van der Waals surface area contributed by atoms with Crippen molar-refractivity contribution in [3.05, 3.63) is 21.3 Å². The predicted octanol–water partition coefficient (Wildman–Crippen LogP) is 1.71. The fourth-order valence-corrected chi connectivity index (χ4v) is 1.96. The second-order valence-electron chi connectivity index (χ2n) is 2.85. The molecule has 72 valence electrons. The van der Waals surface area contributed by atoms with E-state index < -0.39 is 9.84 Å². The number of benzene rings is 1. The van der Waals surface area contributed by atoms with E-state index in [4.69, 9.17) is 0 Å². The van der Waals surface area contributed by atoms with E-state index in [0.717, 1.165) is 11.8 Å². The van der Waals surface area contributed by atoms with Gasteiger partial charge in [0.2, 0.25) is 0 Å². The third-order valence-electron chi connectivity index (χ3n) is 1.64. The fourth-order valence-electron chi connectivity index (χ4n) is 0.933. The Labute approximate surface area is 90.8 Å². The van der Waals surface area contributed by atoms with Crippen molar-refractivity contribution in [1.82, 2.24) is 0 Å². The van der Waals surface area contributed by atoms with Gasteiger partial charge in [0, 0.05) is 6.26 Å². The number of rotatable bonds is 1. The van der Waals surface area contributed by atoms with E-state index in [2.05, 4.69) is 0 Å². The highest BCUT2D eigenvalue weighted by Gasteiger charge is 2.11. The molecule has 1 aromatic rings. The Balaban J connectivity index is 3.47. The number of aromatic hydroxyl groups is 1. The van der Waals surface area contributed by atoms with Crippen LogP contribution in [0.15, 0.2) is 17.0 Å². The lowest BCUT2D eigenvalue weighted by atomic mass is 10.2. The van der Waals surface area contributed by atoms with Crippen LogP contribution in [0.5, 0.6) is 5.75 Å². The monoisotopic (exact) mass is 312 g/mol. The summed E-state index contributed by atoms with van der Waals surface area (Å²) >= 11 is 1.97. The van der Waals surface area contributed by atoms with Crippen molar-refractivity contribution in [2.75, 3.05) is 6.26 Å². The summed E-state index contributed by atoms with van der Waals surface area (Å²) in [5, 5.41) is 9.37. The summed E-state index contributed by atoms with van der Waals surface area (Å²) in [5.74, 6) is 0.0148. The summed E-state index contributed by atoms with van der Waals surface area (Å²) in [4.78, 5) is 0.155. The average Bonchev–Trinajstić information content (AvgIpc) is 1.97. The number of halogens is 1. The van der Waals surface area contributed by atoms with Crippen molar-refractivity contribution in [1.29, 1.82) is 0 Å². The van der Waals surface area contributed by atoms with Gasteiger partial charge >= 0.3 is 0 Å². The predicted molar refractivity (Wildman–Crippen MR) is 58.7 cm³/mol. The molecule has 0 saturated heterocycles. The highest BCUT2D eigenvalue weighted by atomic mass is 127. The van der Waals surface area contributed by atoms with Gasteiger partial charge in [-0.15, -0.1) is 0 Å². The zero-order chi connectivity index (χ0) is 10.2. The Morgan fingerprint density at radius 3 is 2.31 bits per heavy atom. The van der Waals surface area contributed by atoms with Crippen molar-refractivity contribution in [3.63, 3.8) is 0 Å². The maximum absolute atomic E-state index is 11.1. The van der Waals surface area contributed by atoms with Crippen LogP contribution in [0.3, 0.4) is 0 Å². The van der Waals surface area contributed by atoms with Gasteiger partial charge in [0.25, 0.3) is 0 Å². The molecule has 0 heterocycles. The molecule has 5 heteroatoms. The topological polar surface area (TPSA) is 54.4 Å². The highest BCUT2D eigenvalue weighted by molar-refractivity contribution is 14.1. The normalized spacial score (nSPS) is 11.6. The molecule has 1 N–H and O–H groups in total. The Morgan fingerprint density at radius 1 is 1.38 bits per heavy atom. The molecule has 0 radical (unpaired) electrons. The van der Waals surface area contributed by atoms with Gasteiger partial charge in [-0.1, -0.05) is 0 Å². The molecule has 0 unspecified atom stereocenters. The SMILES string of the molecule is Cc1cc(S(C)(=O)=O)cc(O)c1I. The molecule has 0 fully saturated rings. The van der Waals surface area contributed by atoms with E-state index in [9.17, 15) is 13.5 Å². The minimum Gasteiger partial charge on any atom is -0.507 e. The van der Waals surface area contributed by atoms with Crippen molar-refractivity contribution < 1.29 is 13.5 Å². The quantitative estimate of drug-likeness (QED) is 0.803. The molecular weight excluding hydrogens is 303 g/mol. The molecule has 0 aliphatic carbocycles. The number of phenols is 1. The summed E-state index contributed by atoms with van der Waals surface area (Å²) in [7, 11) is -3.23. The maximum Gasteiger partial charge on any atom is 0.175 e. The average molecular weight is 312 g/mol. The first-order valence-electron chi connectivity index (χ1n) is 3.51. The molecule has 0 spiro atoms. The second kappa shape index (κ2) is 3.45. The Bertz CT molecular complexity index is 414. The van der Waals surface area contributed by atoms with E-state index in [0.29, 0.717) is 3.57 Å². The third-order valence-corrected chi connectivity index (χ3v) is 4.13. The van der Waals surface area contributed by atoms with Crippen LogP contribution in [0, 0.1) is 10.5 Å². The highest BCUT2D eigenvalue weighted by Crippen LogP contribution is 2.26. The lowest BCUT2D eigenvalue weighted by Crippen LogP contribution is -1.98. The van der Waals surface area contributed by atoms with E-state index in [-0.39, 0.29) is 10.6 Å². The molecule has 1 aromatic carbocycles. The molecule has 3 nitrogen and oxygen atoms in total. The van der Waals surface area contributed by atoms with E-state index in [1.807, 2.05) is 22.6 Å². The smallest absolute Gasteiger partial charge is 0.175 e. The standard InChI is InChI=1S/C8H9IO3S/c1-5-3-6(13(2,11)12)4-7(10)8(5)9/h3-4,10H,1-2H3. The van der Waals surface area contributed by atoms with Crippen molar-refractivity contribution >= 4 is 32.4 Å². The number of phenolic OH excluding ortho intramolecular Hbond substituents is 1. The summed E-state index contributed by atoms with van der Waals surface area (Å²) in [6, 6.07) is 2.82. The summed E-state index contributed by atoms with van der Waals surface area (Å²) in [5.41, 5.74) is 0.765. The van der Waals surface area contributed by atoms with Crippen LogP contribution in [-0.2, 0) is 9.84 Å². The summed E-state index contributed by atoms with van der Waals surface area (Å²) in [6.07, 6.45) is 1.12. The molecule has 0 amide bonds. The first-order valence-corrected chi connectivity index (χ1v) is 6.48. The number of sulfone groups is 1. The minimum absolute atomic E-state index is 0.0148. The van der Waals surface area contributed by atoms with Crippen molar-refractivity contribution in [3.8, 4) is 5.75 Å². The number of hydrogen-bond donors (Lipinski definition) is 1. The van der Waals surface area contributed by atoms with Gasteiger partial charge in [-0.3, -0.25) is 0 Å². The molecule has 0 aliphatic rings. The summed E-state index contributed by atoms with van der Waals surface area (Å²) < 4.78 is 23.0. The van der Waals surface area contributed by atoms with Crippen molar-refractivity contribution in [2.45, 2.75) is 11.8 Å². The second-order valence-corrected chi connectivity index (χ2v) is 5.94. The minimum atomic E-state index is -3.23. The molecule has 0 saturated carbocycles. The van der Waals surface area contributed by atoms with Gasteiger partial charge in [-0.25, -0.2) is 8.42 Å². The van der Waals surface area contributed by atoms with Crippen LogP contribution in [0.2, 0.25) is 0 Å². The molecular formula is C8H9IO3S. The maximum atomic E-state index is 11.1. The van der Waals surface area contributed by atoms with Gasteiger partial charge < -0.3 is 5.11 Å². The molecule has 1 rings (SSSR count). The van der Waals surface area contributed by atoms with Crippen molar-refractivity contribution in [2.24, 2.45) is 0 Å². The molecule has 13 heavy (non-hydrogen) atoms. The molecule has 0 bridgehead atoms. The van der Waals surface area contributed by atoms with Crippen LogP contribution in [0.1, 0.15) is 5.56 Å². The van der Waals surface area contributed by atoms with E-state index in [1.165, 1.54) is 6.07 Å². The Morgan fingerprint density at radius 2 is 1.92 bits per heavy atom.